The van der Waals surface area contributed by atoms with E-state index in [2.05, 4.69) is 196 Å². The molecule has 0 bridgehead atoms. The van der Waals surface area contributed by atoms with Gasteiger partial charge in [-0.1, -0.05) is 161 Å². The van der Waals surface area contributed by atoms with Gasteiger partial charge in [-0.3, -0.25) is 0 Å². The highest BCUT2D eigenvalue weighted by Crippen LogP contribution is 2.60. The number of rotatable bonds is 2. The lowest BCUT2D eigenvalue weighted by atomic mass is 9.82. The maximum atomic E-state index is 2.55. The van der Waals surface area contributed by atoms with Gasteiger partial charge in [0.25, 0.3) is 0 Å². The summed E-state index contributed by atoms with van der Waals surface area (Å²) in [5, 5.41) is 7.82. The molecule has 0 fully saturated rings. The third-order valence-corrected chi connectivity index (χ3v) is 14.3. The molecule has 0 atom stereocenters. The Bertz CT molecular complexity index is 3020. The van der Waals surface area contributed by atoms with E-state index < -0.39 is 0 Å². The Morgan fingerprint density at radius 2 is 0.786 bits per heavy atom. The van der Waals surface area contributed by atoms with E-state index in [9.17, 15) is 0 Å². The fraction of sp³-hybridized carbons (Fsp3) is 0.111. The molecule has 0 spiro atoms. The Morgan fingerprint density at radius 3 is 1.30 bits per heavy atom. The Hall–Kier alpha value is -6.09. The fourth-order valence-corrected chi connectivity index (χ4v) is 11.5. The van der Waals surface area contributed by atoms with E-state index in [1.54, 1.807) is 0 Å². The average molecular weight is 734 g/mol. The first-order valence-corrected chi connectivity index (χ1v) is 20.6. The molecule has 0 saturated carbocycles. The molecule has 0 aromatic heterocycles. The second-order valence-corrected chi connectivity index (χ2v) is 18.0. The van der Waals surface area contributed by atoms with Crippen molar-refractivity contribution in [2.45, 2.75) is 48.3 Å². The summed E-state index contributed by atoms with van der Waals surface area (Å²) in [5.74, 6) is 0. The van der Waals surface area contributed by atoms with Gasteiger partial charge in [-0.2, -0.15) is 0 Å². The normalized spacial score (nSPS) is 15.3. The van der Waals surface area contributed by atoms with E-state index in [4.69, 9.17) is 0 Å². The summed E-state index contributed by atoms with van der Waals surface area (Å²) in [6, 6.07) is 61.9. The van der Waals surface area contributed by atoms with Crippen molar-refractivity contribution in [1.29, 1.82) is 0 Å². The summed E-state index contributed by atoms with van der Waals surface area (Å²) in [6.07, 6.45) is 0. The van der Waals surface area contributed by atoms with Gasteiger partial charge in [-0.15, -0.1) is 0 Å². The van der Waals surface area contributed by atoms with Gasteiger partial charge in [0, 0.05) is 26.3 Å². The maximum absolute atomic E-state index is 2.55. The van der Waals surface area contributed by atoms with Gasteiger partial charge in [0.15, 0.2) is 0 Å². The third-order valence-electron chi connectivity index (χ3n) is 13.2. The number of anilines is 3. The first kappa shape index (κ1) is 32.2. The summed E-state index contributed by atoms with van der Waals surface area (Å²) in [7, 11) is 0. The molecule has 0 unspecified atom stereocenters. The van der Waals surface area contributed by atoms with E-state index in [-0.39, 0.29) is 10.8 Å². The molecule has 9 aromatic rings. The topological polar surface area (TPSA) is 3.24 Å². The highest BCUT2D eigenvalue weighted by molar-refractivity contribution is 7.99. The number of benzene rings is 9. The van der Waals surface area contributed by atoms with E-state index in [0.29, 0.717) is 0 Å². The molecule has 1 nitrogen and oxygen atoms in total. The van der Waals surface area contributed by atoms with Crippen LogP contribution in [0.3, 0.4) is 0 Å². The zero-order valence-electron chi connectivity index (χ0n) is 31.9. The Morgan fingerprint density at radius 1 is 0.357 bits per heavy atom. The maximum Gasteiger partial charge on any atom is 0.0605 e. The summed E-state index contributed by atoms with van der Waals surface area (Å²) in [5.41, 5.74) is 17.0. The van der Waals surface area contributed by atoms with Gasteiger partial charge >= 0.3 is 0 Å². The molecular formula is C54H39NS. The van der Waals surface area contributed by atoms with Crippen LogP contribution < -0.4 is 4.90 Å². The lowest BCUT2D eigenvalue weighted by Gasteiger charge is -2.36. The molecule has 1 aliphatic heterocycles. The fourth-order valence-electron chi connectivity index (χ4n) is 10.4. The van der Waals surface area contributed by atoms with Crippen LogP contribution >= 0.6 is 11.8 Å². The lowest BCUT2D eigenvalue weighted by molar-refractivity contribution is 0.659. The van der Waals surface area contributed by atoms with Crippen molar-refractivity contribution in [1.82, 2.24) is 0 Å². The second kappa shape index (κ2) is 11.2. The predicted molar refractivity (Wildman–Crippen MR) is 238 cm³/mol. The van der Waals surface area contributed by atoms with Crippen LogP contribution in [-0.4, -0.2) is 0 Å². The van der Waals surface area contributed by atoms with Gasteiger partial charge in [-0.05, 0) is 130 Å². The Balaban J connectivity index is 1.04. The van der Waals surface area contributed by atoms with Crippen LogP contribution in [0.1, 0.15) is 49.9 Å². The molecule has 12 rings (SSSR count). The van der Waals surface area contributed by atoms with Crippen LogP contribution in [-0.2, 0) is 10.8 Å². The van der Waals surface area contributed by atoms with Crippen LogP contribution in [0.2, 0.25) is 0 Å². The number of hydrogen-bond donors (Lipinski definition) is 0. The van der Waals surface area contributed by atoms with Gasteiger partial charge in [-0.25, -0.2) is 0 Å². The van der Waals surface area contributed by atoms with Gasteiger partial charge in [0.1, 0.15) is 0 Å². The molecule has 9 aromatic carbocycles. The number of fused-ring (bicyclic) bond motifs is 14. The van der Waals surface area contributed by atoms with Crippen LogP contribution in [0, 0.1) is 0 Å². The van der Waals surface area contributed by atoms with Crippen LogP contribution in [0.5, 0.6) is 0 Å². The SMILES string of the molecule is CC1(C)c2ccccc2-c2cc3c(cc21)N(c1ccc(-c2ccc4c5ccccc5c5ccccc5c4c2)cc1)c1cc2c(cc1S3)-c1ccccc1C2(C)C. The van der Waals surface area contributed by atoms with Gasteiger partial charge in [0.2, 0.25) is 0 Å². The Labute approximate surface area is 332 Å². The highest BCUT2D eigenvalue weighted by atomic mass is 32.2. The Kier molecular flexibility index (Phi) is 6.46. The number of nitrogens with zero attached hydrogens (tertiary/aromatic N) is 1. The monoisotopic (exact) mass is 733 g/mol. The molecule has 1 heterocycles. The molecule has 0 N–H and O–H groups in total. The van der Waals surface area contributed by atoms with E-state index in [1.165, 1.54) is 115 Å². The summed E-state index contributed by atoms with van der Waals surface area (Å²) in [4.78, 5) is 5.14. The highest BCUT2D eigenvalue weighted by Gasteiger charge is 2.40. The minimum Gasteiger partial charge on any atom is -0.308 e. The average Bonchev–Trinajstić information content (AvgIpc) is 3.60. The number of hydrogen-bond acceptors (Lipinski definition) is 2. The predicted octanol–water partition coefficient (Wildman–Crippen LogP) is 15.4. The van der Waals surface area contributed by atoms with Gasteiger partial charge < -0.3 is 4.90 Å². The van der Waals surface area contributed by atoms with E-state index in [0.717, 1.165) is 0 Å². The first-order chi connectivity index (χ1) is 27.3. The lowest BCUT2D eigenvalue weighted by Crippen LogP contribution is -2.20. The first-order valence-electron chi connectivity index (χ1n) is 19.8. The van der Waals surface area contributed by atoms with Crippen molar-refractivity contribution in [3.05, 3.63) is 186 Å². The minimum atomic E-state index is -0.0887. The second-order valence-electron chi connectivity index (χ2n) is 16.9. The quantitative estimate of drug-likeness (QED) is 0.163. The molecule has 3 aliphatic rings. The van der Waals surface area contributed by atoms with E-state index >= 15 is 0 Å². The summed E-state index contributed by atoms with van der Waals surface area (Å²) < 4.78 is 0. The summed E-state index contributed by atoms with van der Waals surface area (Å²) in [6.45, 7) is 9.54. The molecule has 0 saturated heterocycles. The largest absolute Gasteiger partial charge is 0.308 e. The molecule has 0 amide bonds. The van der Waals surface area contributed by atoms with Crippen molar-refractivity contribution in [2.24, 2.45) is 0 Å². The van der Waals surface area contributed by atoms with Crippen molar-refractivity contribution in [3.8, 4) is 33.4 Å². The third kappa shape index (κ3) is 4.28. The van der Waals surface area contributed by atoms with Crippen LogP contribution in [0.15, 0.2) is 174 Å². The molecule has 266 valence electrons. The van der Waals surface area contributed by atoms with Crippen molar-refractivity contribution in [3.63, 3.8) is 0 Å². The zero-order chi connectivity index (χ0) is 37.5. The van der Waals surface area contributed by atoms with Crippen LogP contribution in [0.4, 0.5) is 17.1 Å². The smallest absolute Gasteiger partial charge is 0.0605 e. The zero-order valence-corrected chi connectivity index (χ0v) is 32.8. The molecular weight excluding hydrogens is 695 g/mol. The molecule has 0 radical (unpaired) electrons. The van der Waals surface area contributed by atoms with Crippen molar-refractivity contribution >= 4 is 61.1 Å². The standard InChI is InChI=1S/C54H39NS/c1-53(2)45-19-11-9-17-40(45)43-28-51-49(30-47(43)53)55(50-31-48-44(29-52(50)56-51)41-18-10-12-20-46(41)54(48,3)4)34-24-21-32(22-25-34)33-23-26-39-37-15-6-5-13-35(37)36-14-7-8-16-38(36)42(39)27-33/h5-31H,1-4H3. The minimum absolute atomic E-state index is 0.0887. The molecule has 2 heteroatoms. The van der Waals surface area contributed by atoms with Gasteiger partial charge in [0.05, 0.1) is 11.4 Å². The van der Waals surface area contributed by atoms with Crippen molar-refractivity contribution < 1.29 is 0 Å². The van der Waals surface area contributed by atoms with E-state index in [1.807, 2.05) is 11.8 Å². The van der Waals surface area contributed by atoms with Crippen molar-refractivity contribution in [2.75, 3.05) is 4.90 Å². The molecule has 2 aliphatic carbocycles. The summed E-state index contributed by atoms with van der Waals surface area (Å²) >= 11 is 1.92. The molecule has 56 heavy (non-hydrogen) atoms. The van der Waals surface area contributed by atoms with Crippen LogP contribution in [0.25, 0.3) is 65.7 Å².